The predicted molar refractivity (Wildman–Crippen MR) is 87.0 cm³/mol. The monoisotopic (exact) mass is 316 g/mol. The zero-order valence-corrected chi connectivity index (χ0v) is 13.4. The number of aryl methyl sites for hydroxylation is 1. The molecule has 2 N–H and O–H groups in total. The lowest BCUT2D eigenvalue weighted by Crippen LogP contribution is -2.40. The zero-order valence-electron chi connectivity index (χ0n) is 13.4. The van der Waals surface area contributed by atoms with Crippen LogP contribution in [0, 0.1) is 0 Å². The minimum absolute atomic E-state index is 0.00356. The lowest BCUT2D eigenvalue weighted by Gasteiger charge is -2.10. The molecule has 0 fully saturated rings. The highest BCUT2D eigenvalue weighted by molar-refractivity contribution is 5.90. The van der Waals surface area contributed by atoms with Crippen molar-refractivity contribution in [3.63, 3.8) is 0 Å². The van der Waals surface area contributed by atoms with Crippen molar-refractivity contribution >= 4 is 22.6 Å². The molecule has 0 unspecified atom stereocenters. The molecule has 0 bridgehead atoms. The molecule has 23 heavy (non-hydrogen) atoms. The number of hydrogen-bond donors (Lipinski definition) is 2. The molecular weight excluding hydrogens is 296 g/mol. The fourth-order valence-electron chi connectivity index (χ4n) is 2.27. The van der Waals surface area contributed by atoms with Crippen molar-refractivity contribution in [3.8, 4) is 0 Å². The molecule has 1 heterocycles. The Morgan fingerprint density at radius 1 is 1.17 bits per heavy atom. The number of fused-ring (bicyclic) bond motifs is 1. The first kappa shape index (κ1) is 16.7. The molecule has 7 nitrogen and oxygen atoms in total. The van der Waals surface area contributed by atoms with Crippen molar-refractivity contribution in [3.05, 3.63) is 40.3 Å². The summed E-state index contributed by atoms with van der Waals surface area (Å²) < 4.78 is 1.22. The molecule has 0 atom stereocenters. The van der Waals surface area contributed by atoms with Gasteiger partial charge in [-0.3, -0.25) is 14.4 Å². The van der Waals surface area contributed by atoms with Gasteiger partial charge in [-0.1, -0.05) is 18.2 Å². The highest BCUT2D eigenvalue weighted by Gasteiger charge is 2.13. The van der Waals surface area contributed by atoms with Crippen molar-refractivity contribution in [1.29, 1.82) is 0 Å². The van der Waals surface area contributed by atoms with Crippen molar-refractivity contribution in [1.82, 2.24) is 20.4 Å². The van der Waals surface area contributed by atoms with E-state index in [-0.39, 0.29) is 36.4 Å². The molecule has 7 heteroatoms. The molecule has 1 aromatic carbocycles. The van der Waals surface area contributed by atoms with Gasteiger partial charge >= 0.3 is 0 Å². The van der Waals surface area contributed by atoms with E-state index in [1.54, 1.807) is 31.3 Å². The molecule has 0 saturated carbocycles. The number of hydrogen-bond acceptors (Lipinski definition) is 4. The van der Waals surface area contributed by atoms with Crippen molar-refractivity contribution in [2.75, 3.05) is 6.54 Å². The predicted octanol–water partition coefficient (Wildman–Crippen LogP) is 0.117. The summed E-state index contributed by atoms with van der Waals surface area (Å²) in [5, 5.41) is 10.6. The number of benzene rings is 1. The van der Waals surface area contributed by atoms with Crippen LogP contribution in [0.5, 0.6) is 0 Å². The van der Waals surface area contributed by atoms with Gasteiger partial charge in [0.25, 0.3) is 5.56 Å². The van der Waals surface area contributed by atoms with Crippen LogP contribution in [0.25, 0.3) is 10.8 Å². The number of carbonyl (C=O) groups excluding carboxylic acids is 2. The van der Waals surface area contributed by atoms with Crippen LogP contribution in [-0.2, 0) is 23.1 Å². The van der Waals surface area contributed by atoms with Crippen LogP contribution in [0.15, 0.2) is 29.1 Å². The molecule has 2 amide bonds. The minimum Gasteiger partial charge on any atom is -0.352 e. The first-order valence-electron chi connectivity index (χ1n) is 7.39. The largest absolute Gasteiger partial charge is 0.352 e. The zero-order chi connectivity index (χ0) is 17.0. The Balaban J connectivity index is 2.13. The van der Waals surface area contributed by atoms with Gasteiger partial charge in [-0.25, -0.2) is 4.68 Å². The van der Waals surface area contributed by atoms with Gasteiger partial charge in [0.05, 0.1) is 24.0 Å². The van der Waals surface area contributed by atoms with Gasteiger partial charge in [0.1, 0.15) is 0 Å². The fourth-order valence-corrected chi connectivity index (χ4v) is 2.27. The smallest absolute Gasteiger partial charge is 0.274 e. The molecule has 0 spiro atoms. The van der Waals surface area contributed by atoms with Crippen LogP contribution in [0.3, 0.4) is 0 Å². The normalized spacial score (nSPS) is 10.8. The molecule has 1 aromatic heterocycles. The lowest BCUT2D eigenvalue weighted by atomic mass is 10.1. The quantitative estimate of drug-likeness (QED) is 0.819. The molecule has 0 aliphatic rings. The molecule has 0 aliphatic carbocycles. The number of amides is 2. The molecule has 0 radical (unpaired) electrons. The third-order valence-electron chi connectivity index (χ3n) is 3.26. The maximum atomic E-state index is 12.0. The average Bonchev–Trinajstić information content (AvgIpc) is 2.50. The molecule has 2 aromatic rings. The number of nitrogens with zero attached hydrogens (tertiary/aromatic N) is 2. The Hall–Kier alpha value is -2.70. The van der Waals surface area contributed by atoms with Gasteiger partial charge in [0, 0.05) is 18.5 Å². The summed E-state index contributed by atoms with van der Waals surface area (Å²) in [6.07, 6.45) is 0.00356. The van der Waals surface area contributed by atoms with Gasteiger partial charge in [0.2, 0.25) is 11.8 Å². The summed E-state index contributed by atoms with van der Waals surface area (Å²) in [5.74, 6) is -0.563. The van der Waals surface area contributed by atoms with E-state index in [4.69, 9.17) is 0 Å². The average molecular weight is 316 g/mol. The standard InChI is InChI=1S/C16H20N4O3/c1-10(2)18-15(22)9-17-14(21)8-13-11-6-4-5-7-12(11)16(23)20(3)19-13/h4-7,10H,8-9H2,1-3H3,(H,17,21)(H,18,22). The second-order valence-electron chi connectivity index (χ2n) is 5.60. The number of aromatic nitrogens is 2. The number of rotatable bonds is 5. The van der Waals surface area contributed by atoms with Gasteiger partial charge in [-0.15, -0.1) is 0 Å². The lowest BCUT2D eigenvalue weighted by molar-refractivity contribution is -0.126. The van der Waals surface area contributed by atoms with Gasteiger partial charge in [-0.05, 0) is 19.9 Å². The first-order valence-corrected chi connectivity index (χ1v) is 7.39. The Morgan fingerprint density at radius 2 is 1.83 bits per heavy atom. The van der Waals surface area contributed by atoms with E-state index in [1.165, 1.54) is 4.68 Å². The van der Waals surface area contributed by atoms with E-state index in [0.717, 1.165) is 0 Å². The molecule has 0 saturated heterocycles. The highest BCUT2D eigenvalue weighted by atomic mass is 16.2. The summed E-state index contributed by atoms with van der Waals surface area (Å²) in [5.41, 5.74) is 0.297. The summed E-state index contributed by atoms with van der Waals surface area (Å²) in [6.45, 7) is 3.61. The molecular formula is C16H20N4O3. The maximum Gasteiger partial charge on any atom is 0.274 e. The van der Waals surface area contributed by atoms with Gasteiger partial charge in [0.15, 0.2) is 0 Å². The topological polar surface area (TPSA) is 93.1 Å². The van der Waals surface area contributed by atoms with E-state index in [0.29, 0.717) is 16.5 Å². The maximum absolute atomic E-state index is 12.0. The Labute approximate surface area is 133 Å². The number of nitrogens with one attached hydrogen (secondary N) is 2. The summed E-state index contributed by atoms with van der Waals surface area (Å²) in [4.78, 5) is 35.6. The Morgan fingerprint density at radius 3 is 2.48 bits per heavy atom. The summed E-state index contributed by atoms with van der Waals surface area (Å²) in [7, 11) is 1.55. The van der Waals surface area contributed by atoms with Crippen molar-refractivity contribution < 1.29 is 9.59 Å². The van der Waals surface area contributed by atoms with Crippen LogP contribution in [0.4, 0.5) is 0 Å². The second kappa shape index (κ2) is 7.04. The SMILES string of the molecule is CC(C)NC(=O)CNC(=O)Cc1nn(C)c(=O)c2ccccc12. The van der Waals surface area contributed by atoms with Gasteiger partial charge in [-0.2, -0.15) is 5.10 Å². The first-order chi connectivity index (χ1) is 10.9. The molecule has 0 aliphatic heterocycles. The van der Waals surface area contributed by atoms with Crippen LogP contribution in [0.1, 0.15) is 19.5 Å². The van der Waals surface area contributed by atoms with Crippen molar-refractivity contribution in [2.24, 2.45) is 7.05 Å². The Kier molecular flexibility index (Phi) is 5.10. The molecule has 122 valence electrons. The second-order valence-corrected chi connectivity index (χ2v) is 5.60. The third-order valence-corrected chi connectivity index (χ3v) is 3.26. The van der Waals surface area contributed by atoms with E-state index < -0.39 is 0 Å². The minimum atomic E-state index is -0.319. The van der Waals surface area contributed by atoms with E-state index in [9.17, 15) is 14.4 Å². The highest BCUT2D eigenvalue weighted by Crippen LogP contribution is 2.13. The van der Waals surface area contributed by atoms with E-state index in [2.05, 4.69) is 15.7 Å². The molecule has 2 rings (SSSR count). The van der Waals surface area contributed by atoms with E-state index >= 15 is 0 Å². The van der Waals surface area contributed by atoms with Crippen LogP contribution in [0.2, 0.25) is 0 Å². The van der Waals surface area contributed by atoms with Gasteiger partial charge < -0.3 is 10.6 Å². The third kappa shape index (κ3) is 4.15. The van der Waals surface area contributed by atoms with Crippen molar-refractivity contribution in [2.45, 2.75) is 26.3 Å². The Bertz CT molecular complexity index is 796. The number of carbonyl (C=O) groups is 2. The fraction of sp³-hybridized carbons (Fsp3) is 0.375. The van der Waals surface area contributed by atoms with E-state index in [1.807, 2.05) is 13.8 Å². The van der Waals surface area contributed by atoms with Crippen LogP contribution < -0.4 is 16.2 Å². The van der Waals surface area contributed by atoms with Crippen LogP contribution >= 0.6 is 0 Å². The summed E-state index contributed by atoms with van der Waals surface area (Å²) in [6, 6.07) is 7.05. The van der Waals surface area contributed by atoms with Crippen LogP contribution in [-0.4, -0.2) is 34.2 Å². The summed E-state index contributed by atoms with van der Waals surface area (Å²) >= 11 is 0.